The zero-order valence-corrected chi connectivity index (χ0v) is 12.4. The minimum atomic E-state index is -0.149. The van der Waals surface area contributed by atoms with Gasteiger partial charge < -0.3 is 19.9 Å². The van der Waals surface area contributed by atoms with Crippen LogP contribution in [0.25, 0.3) is 0 Å². The van der Waals surface area contributed by atoms with Crippen LogP contribution < -0.4 is 10.2 Å². The number of nitrogens with zero attached hydrogens (tertiary/aromatic N) is 2. The van der Waals surface area contributed by atoms with Crippen LogP contribution in [0.15, 0.2) is 18.2 Å². The average Bonchev–Trinajstić information content (AvgIpc) is 2.46. The van der Waals surface area contributed by atoms with Gasteiger partial charge in [0.25, 0.3) is 0 Å². The molecule has 1 aliphatic rings. The van der Waals surface area contributed by atoms with E-state index in [1.54, 1.807) is 6.07 Å². The van der Waals surface area contributed by atoms with Gasteiger partial charge in [-0.2, -0.15) is 0 Å². The third-order valence-corrected chi connectivity index (χ3v) is 3.43. The number of rotatable bonds is 6. The van der Waals surface area contributed by atoms with Crippen LogP contribution >= 0.6 is 0 Å². The molecule has 5 heteroatoms. The van der Waals surface area contributed by atoms with Crippen LogP contribution in [0.4, 0.5) is 10.1 Å². The Morgan fingerprint density at radius 2 is 2.05 bits per heavy atom. The summed E-state index contributed by atoms with van der Waals surface area (Å²) in [6, 6.07) is 5.36. The van der Waals surface area contributed by atoms with Gasteiger partial charge in [-0.1, -0.05) is 6.07 Å². The Morgan fingerprint density at radius 1 is 1.30 bits per heavy atom. The van der Waals surface area contributed by atoms with Crippen molar-refractivity contribution in [3.05, 3.63) is 29.6 Å². The summed E-state index contributed by atoms with van der Waals surface area (Å²) < 4.78 is 19.3. The average molecular weight is 281 g/mol. The number of ether oxygens (including phenoxy) is 1. The maximum absolute atomic E-state index is 13.9. The molecule has 1 aliphatic heterocycles. The van der Waals surface area contributed by atoms with Crippen molar-refractivity contribution >= 4 is 5.69 Å². The summed E-state index contributed by atoms with van der Waals surface area (Å²) in [4.78, 5) is 4.19. The quantitative estimate of drug-likeness (QED) is 0.796. The molecule has 0 aromatic heterocycles. The number of likely N-dealkylation sites (N-methyl/N-ethyl adjacent to an activating group) is 1. The second-order valence-electron chi connectivity index (χ2n) is 5.37. The monoisotopic (exact) mass is 281 g/mol. The molecule has 4 nitrogen and oxygen atoms in total. The first kappa shape index (κ1) is 15.2. The van der Waals surface area contributed by atoms with E-state index in [0.29, 0.717) is 18.9 Å². The molecule has 1 saturated heterocycles. The standard InChI is InChI=1S/C15H24FN3O/c1-18(2)6-5-17-12-13-3-4-14(16)15(11-13)19-7-9-20-10-8-19/h3-4,11,17H,5-10,12H2,1-2H3. The second kappa shape index (κ2) is 7.57. The molecule has 0 spiro atoms. The lowest BCUT2D eigenvalue weighted by Crippen LogP contribution is -2.36. The smallest absolute Gasteiger partial charge is 0.146 e. The minimum Gasteiger partial charge on any atom is -0.378 e. The van der Waals surface area contributed by atoms with Crippen LogP contribution in [0, 0.1) is 5.82 Å². The number of anilines is 1. The third-order valence-electron chi connectivity index (χ3n) is 3.43. The van der Waals surface area contributed by atoms with Gasteiger partial charge in [-0.25, -0.2) is 4.39 Å². The summed E-state index contributed by atoms with van der Waals surface area (Å²) in [5.41, 5.74) is 1.81. The largest absolute Gasteiger partial charge is 0.378 e. The molecule has 112 valence electrons. The summed E-state index contributed by atoms with van der Waals surface area (Å²) >= 11 is 0. The first-order valence-electron chi connectivity index (χ1n) is 7.13. The summed E-state index contributed by atoms with van der Waals surface area (Å²) in [5.74, 6) is -0.149. The molecule has 0 saturated carbocycles. The van der Waals surface area contributed by atoms with Crippen LogP contribution in [-0.4, -0.2) is 58.4 Å². The van der Waals surface area contributed by atoms with Gasteiger partial charge in [0, 0.05) is 32.7 Å². The first-order chi connectivity index (χ1) is 9.66. The maximum Gasteiger partial charge on any atom is 0.146 e. The van der Waals surface area contributed by atoms with Gasteiger partial charge >= 0.3 is 0 Å². The molecular weight excluding hydrogens is 257 g/mol. The van der Waals surface area contributed by atoms with Crippen LogP contribution in [0.2, 0.25) is 0 Å². The Bertz CT molecular complexity index is 420. The van der Waals surface area contributed by atoms with Crippen LogP contribution in [0.3, 0.4) is 0 Å². The van der Waals surface area contributed by atoms with E-state index in [4.69, 9.17) is 4.74 Å². The van der Waals surface area contributed by atoms with Crippen LogP contribution in [0.1, 0.15) is 5.56 Å². The molecular formula is C15H24FN3O. The molecule has 1 aromatic carbocycles. The number of benzene rings is 1. The molecule has 0 atom stereocenters. The first-order valence-corrected chi connectivity index (χ1v) is 7.13. The van der Waals surface area contributed by atoms with Crippen molar-refractivity contribution in [3.63, 3.8) is 0 Å². The highest BCUT2D eigenvalue weighted by Crippen LogP contribution is 2.22. The molecule has 0 radical (unpaired) electrons. The van der Waals surface area contributed by atoms with E-state index >= 15 is 0 Å². The van der Waals surface area contributed by atoms with Crippen molar-refractivity contribution in [1.82, 2.24) is 10.2 Å². The summed E-state index contributed by atoms with van der Waals surface area (Å²) in [6.45, 7) is 5.55. The lowest BCUT2D eigenvalue weighted by atomic mass is 10.1. The van der Waals surface area contributed by atoms with E-state index in [-0.39, 0.29) is 5.82 Å². The molecule has 1 N–H and O–H groups in total. The minimum absolute atomic E-state index is 0.149. The van der Waals surface area contributed by atoms with E-state index in [9.17, 15) is 4.39 Å². The van der Waals surface area contributed by atoms with Crippen molar-refractivity contribution in [2.45, 2.75) is 6.54 Å². The number of morpholine rings is 1. The molecule has 1 aromatic rings. The Morgan fingerprint density at radius 3 is 2.75 bits per heavy atom. The lowest BCUT2D eigenvalue weighted by molar-refractivity contribution is 0.122. The van der Waals surface area contributed by atoms with Gasteiger partial charge in [0.2, 0.25) is 0 Å². The van der Waals surface area contributed by atoms with Gasteiger partial charge in [0.05, 0.1) is 18.9 Å². The van der Waals surface area contributed by atoms with Gasteiger partial charge in [-0.15, -0.1) is 0 Å². The van der Waals surface area contributed by atoms with E-state index in [1.165, 1.54) is 0 Å². The molecule has 2 rings (SSSR count). The zero-order valence-electron chi connectivity index (χ0n) is 12.4. The molecule has 0 amide bonds. The highest BCUT2D eigenvalue weighted by atomic mass is 19.1. The van der Waals surface area contributed by atoms with Crippen molar-refractivity contribution < 1.29 is 9.13 Å². The Hall–Kier alpha value is -1.17. The summed E-state index contributed by atoms with van der Waals surface area (Å²) in [5, 5.41) is 3.38. The van der Waals surface area contributed by atoms with Gasteiger partial charge in [0.15, 0.2) is 0 Å². The highest BCUT2D eigenvalue weighted by Gasteiger charge is 2.15. The van der Waals surface area contributed by atoms with Crippen molar-refractivity contribution in [2.24, 2.45) is 0 Å². The van der Waals surface area contributed by atoms with E-state index < -0.39 is 0 Å². The maximum atomic E-state index is 13.9. The predicted molar refractivity (Wildman–Crippen MR) is 79.7 cm³/mol. The molecule has 20 heavy (non-hydrogen) atoms. The number of halogens is 1. The van der Waals surface area contributed by atoms with Gasteiger partial charge in [0.1, 0.15) is 5.82 Å². The molecule has 1 fully saturated rings. The van der Waals surface area contributed by atoms with Crippen molar-refractivity contribution in [2.75, 3.05) is 58.4 Å². The zero-order chi connectivity index (χ0) is 14.4. The fourth-order valence-corrected chi connectivity index (χ4v) is 2.25. The lowest BCUT2D eigenvalue weighted by Gasteiger charge is -2.29. The fraction of sp³-hybridized carbons (Fsp3) is 0.600. The van der Waals surface area contributed by atoms with Gasteiger partial charge in [-0.3, -0.25) is 0 Å². The molecule has 0 unspecified atom stereocenters. The second-order valence-corrected chi connectivity index (χ2v) is 5.37. The number of hydrogen-bond acceptors (Lipinski definition) is 4. The van der Waals surface area contributed by atoms with Crippen LogP contribution in [0.5, 0.6) is 0 Å². The predicted octanol–water partition coefficient (Wildman–Crippen LogP) is 1.31. The van der Waals surface area contributed by atoms with Crippen LogP contribution in [-0.2, 0) is 11.3 Å². The fourth-order valence-electron chi connectivity index (χ4n) is 2.25. The normalized spacial score (nSPS) is 15.9. The highest BCUT2D eigenvalue weighted by molar-refractivity contribution is 5.50. The van der Waals surface area contributed by atoms with E-state index in [0.717, 1.165) is 38.3 Å². The van der Waals surface area contributed by atoms with E-state index in [1.807, 2.05) is 12.1 Å². The van der Waals surface area contributed by atoms with Gasteiger partial charge in [-0.05, 0) is 31.8 Å². The topological polar surface area (TPSA) is 27.7 Å². The number of hydrogen-bond donors (Lipinski definition) is 1. The number of nitrogens with one attached hydrogen (secondary N) is 1. The third kappa shape index (κ3) is 4.44. The summed E-state index contributed by atoms with van der Waals surface area (Å²) in [7, 11) is 4.10. The summed E-state index contributed by atoms with van der Waals surface area (Å²) in [6.07, 6.45) is 0. The Labute approximate surface area is 120 Å². The van der Waals surface area contributed by atoms with Crippen molar-refractivity contribution in [3.8, 4) is 0 Å². The Kier molecular flexibility index (Phi) is 5.76. The van der Waals surface area contributed by atoms with Crippen molar-refractivity contribution in [1.29, 1.82) is 0 Å². The van der Waals surface area contributed by atoms with E-state index in [2.05, 4.69) is 29.2 Å². The molecule has 1 heterocycles. The Balaban J connectivity index is 1.93. The molecule has 0 bridgehead atoms. The SMILES string of the molecule is CN(C)CCNCc1ccc(F)c(N2CCOCC2)c1. The molecule has 0 aliphatic carbocycles.